The van der Waals surface area contributed by atoms with Crippen LogP contribution in [0.15, 0.2) is 30.6 Å². The number of piperidine rings is 1. The fourth-order valence-corrected chi connectivity index (χ4v) is 6.58. The van der Waals surface area contributed by atoms with Crippen LogP contribution in [0.1, 0.15) is 47.2 Å². The van der Waals surface area contributed by atoms with Crippen LogP contribution in [0.2, 0.25) is 0 Å². The summed E-state index contributed by atoms with van der Waals surface area (Å²) in [5.74, 6) is -5.93. The second-order valence-corrected chi connectivity index (χ2v) is 12.4. The van der Waals surface area contributed by atoms with Crippen molar-refractivity contribution >= 4 is 23.1 Å². The molecule has 0 radical (unpaired) electrons. The third kappa shape index (κ3) is 6.18. The SMILES string of the molecule is Cc1ccc(-c2cc(CN3CCC(C(F)(F)F)CC3)c3c(N)ncnn23)cc1C(=O)N[C@@H]1CN(C(=O)C2CC(F)(F)C2)C[C@@H]1F. The van der Waals surface area contributed by atoms with Gasteiger partial charge >= 0.3 is 6.18 Å². The van der Waals surface area contributed by atoms with Crippen molar-refractivity contribution in [1.82, 2.24) is 29.7 Å². The molecule has 3 N–H and O–H groups in total. The van der Waals surface area contributed by atoms with Gasteiger partial charge < -0.3 is 16.0 Å². The molecule has 1 aliphatic carbocycles. The van der Waals surface area contributed by atoms with E-state index in [9.17, 15) is 35.9 Å². The van der Waals surface area contributed by atoms with Crippen LogP contribution in [0.5, 0.6) is 0 Å². The first-order valence-electron chi connectivity index (χ1n) is 14.8. The summed E-state index contributed by atoms with van der Waals surface area (Å²) in [5.41, 5.74) is 9.48. The lowest BCUT2D eigenvalue weighted by molar-refractivity contribution is -0.185. The maximum Gasteiger partial charge on any atom is 0.391 e. The first-order chi connectivity index (χ1) is 21.2. The number of nitrogen functional groups attached to an aromatic ring is 1. The van der Waals surface area contributed by atoms with Gasteiger partial charge in [0.05, 0.1) is 24.2 Å². The van der Waals surface area contributed by atoms with Crippen LogP contribution < -0.4 is 11.1 Å². The Bertz CT molecular complexity index is 1610. The molecule has 0 spiro atoms. The Labute approximate surface area is 254 Å². The van der Waals surface area contributed by atoms with Crippen LogP contribution in [-0.2, 0) is 11.3 Å². The summed E-state index contributed by atoms with van der Waals surface area (Å²) in [7, 11) is 0. The topological polar surface area (TPSA) is 109 Å². The zero-order valence-corrected chi connectivity index (χ0v) is 24.5. The van der Waals surface area contributed by atoms with Crippen LogP contribution in [-0.4, -0.2) is 86.7 Å². The number of rotatable bonds is 6. The standard InChI is InChI=1S/C30H33F6N7O2/c1-16-2-3-17(8-21(16)27(44)40-23-14-42(13-22(23)31)28(45)19-10-29(32,33)11-19)24-9-18(25-26(37)38-15-39-43(24)25)12-41-6-4-20(5-7-41)30(34,35)36/h2-3,8-9,15,19-20,22-23H,4-7,10-14H2,1H3,(H,40,44)(H2,37,38,39)/t22-,23+/m0/s1. The molecular formula is C30H33F6N7O2. The second kappa shape index (κ2) is 11.5. The third-order valence-electron chi connectivity index (χ3n) is 9.20. The number of hydrogen-bond acceptors (Lipinski definition) is 6. The highest BCUT2D eigenvalue weighted by atomic mass is 19.4. The molecule has 1 aromatic carbocycles. The molecule has 15 heteroatoms. The second-order valence-electron chi connectivity index (χ2n) is 12.4. The van der Waals surface area contributed by atoms with Crippen molar-refractivity contribution in [3.63, 3.8) is 0 Å². The Balaban J connectivity index is 1.20. The lowest BCUT2D eigenvalue weighted by Crippen LogP contribution is -2.47. The molecule has 3 aliphatic rings. The van der Waals surface area contributed by atoms with Gasteiger partial charge in [0.25, 0.3) is 5.91 Å². The Morgan fingerprint density at radius 1 is 1.11 bits per heavy atom. The molecule has 4 heterocycles. The van der Waals surface area contributed by atoms with Gasteiger partial charge in [-0.1, -0.05) is 12.1 Å². The summed E-state index contributed by atoms with van der Waals surface area (Å²) in [4.78, 5) is 33.2. The highest BCUT2D eigenvalue weighted by Gasteiger charge is 2.51. The van der Waals surface area contributed by atoms with E-state index in [0.29, 0.717) is 28.9 Å². The Hall–Kier alpha value is -3.88. The number of alkyl halides is 6. The maximum atomic E-state index is 14.9. The summed E-state index contributed by atoms with van der Waals surface area (Å²) < 4.78 is 82.5. The normalized spacial score (nSPS) is 23.0. The number of amides is 2. The van der Waals surface area contributed by atoms with Crippen LogP contribution >= 0.6 is 0 Å². The fraction of sp³-hybridized carbons (Fsp3) is 0.533. The molecule has 3 aromatic rings. The average Bonchev–Trinajstić information content (AvgIpc) is 3.52. The molecule has 2 atom stereocenters. The van der Waals surface area contributed by atoms with E-state index in [1.165, 1.54) is 11.2 Å². The number of carbonyl (C=O) groups excluding carboxylic acids is 2. The zero-order valence-electron chi connectivity index (χ0n) is 24.5. The number of aryl methyl sites for hydroxylation is 1. The monoisotopic (exact) mass is 637 g/mol. The largest absolute Gasteiger partial charge is 0.391 e. The Morgan fingerprint density at radius 2 is 1.82 bits per heavy atom. The predicted octanol–water partition coefficient (Wildman–Crippen LogP) is 4.39. The third-order valence-corrected chi connectivity index (χ3v) is 9.20. The van der Waals surface area contributed by atoms with Crippen LogP contribution in [0.3, 0.4) is 0 Å². The number of hydrogen-bond donors (Lipinski definition) is 2. The van der Waals surface area contributed by atoms with Crippen LogP contribution in [0.25, 0.3) is 16.8 Å². The quantitative estimate of drug-likeness (QED) is 0.389. The van der Waals surface area contributed by atoms with Crippen molar-refractivity contribution in [1.29, 1.82) is 0 Å². The molecule has 2 amide bonds. The van der Waals surface area contributed by atoms with E-state index in [1.807, 2.05) is 11.0 Å². The fourth-order valence-electron chi connectivity index (χ4n) is 6.58. The molecule has 45 heavy (non-hydrogen) atoms. The van der Waals surface area contributed by atoms with E-state index in [0.717, 1.165) is 5.56 Å². The molecule has 1 saturated carbocycles. The molecule has 2 saturated heterocycles. The van der Waals surface area contributed by atoms with E-state index < -0.39 is 60.8 Å². The van der Waals surface area contributed by atoms with Gasteiger partial charge in [0.2, 0.25) is 11.8 Å². The number of anilines is 1. The number of carbonyl (C=O) groups is 2. The maximum absolute atomic E-state index is 14.9. The highest BCUT2D eigenvalue weighted by Crippen LogP contribution is 2.43. The van der Waals surface area contributed by atoms with Gasteiger partial charge in [-0.05, 0) is 56.1 Å². The van der Waals surface area contributed by atoms with Gasteiger partial charge in [-0.15, -0.1) is 0 Å². The number of fused-ring (bicyclic) bond motifs is 1. The number of nitrogens with two attached hydrogens (primary N) is 1. The zero-order chi connectivity index (χ0) is 32.3. The van der Waals surface area contributed by atoms with Gasteiger partial charge in [0.15, 0.2) is 5.82 Å². The molecule has 9 nitrogen and oxygen atoms in total. The van der Waals surface area contributed by atoms with E-state index in [-0.39, 0.29) is 50.4 Å². The average molecular weight is 638 g/mol. The molecular weight excluding hydrogens is 604 g/mol. The first-order valence-corrected chi connectivity index (χ1v) is 14.8. The minimum Gasteiger partial charge on any atom is -0.382 e. The minimum absolute atomic E-state index is 0.00767. The predicted molar refractivity (Wildman–Crippen MR) is 152 cm³/mol. The van der Waals surface area contributed by atoms with Crippen molar-refractivity contribution in [2.75, 3.05) is 31.9 Å². The molecule has 0 bridgehead atoms. The summed E-state index contributed by atoms with van der Waals surface area (Å²) >= 11 is 0. The summed E-state index contributed by atoms with van der Waals surface area (Å²) in [6.07, 6.45) is -5.57. The van der Waals surface area contributed by atoms with Gasteiger partial charge in [-0.3, -0.25) is 14.5 Å². The Kier molecular flexibility index (Phi) is 7.94. The lowest BCUT2D eigenvalue weighted by Gasteiger charge is -2.36. The minimum atomic E-state index is -4.22. The van der Waals surface area contributed by atoms with E-state index in [4.69, 9.17) is 5.73 Å². The first kappa shape index (κ1) is 31.1. The molecule has 2 aliphatic heterocycles. The molecule has 0 unspecified atom stereocenters. The van der Waals surface area contributed by atoms with Gasteiger partial charge in [0.1, 0.15) is 18.0 Å². The number of aromatic nitrogens is 3. The van der Waals surface area contributed by atoms with Crippen LogP contribution in [0, 0.1) is 18.8 Å². The molecule has 6 rings (SSSR count). The van der Waals surface area contributed by atoms with Crippen molar-refractivity contribution in [3.05, 3.63) is 47.3 Å². The summed E-state index contributed by atoms with van der Waals surface area (Å²) in [6.45, 7) is 2.20. The lowest BCUT2D eigenvalue weighted by atomic mass is 9.80. The molecule has 3 fully saturated rings. The van der Waals surface area contributed by atoms with Gasteiger partial charge in [-0.2, -0.15) is 18.3 Å². The van der Waals surface area contributed by atoms with Gasteiger partial charge in [-0.25, -0.2) is 22.7 Å². The van der Waals surface area contributed by atoms with Crippen molar-refractivity contribution in [2.24, 2.45) is 11.8 Å². The van der Waals surface area contributed by atoms with Crippen molar-refractivity contribution in [2.45, 2.75) is 63.5 Å². The van der Waals surface area contributed by atoms with Crippen molar-refractivity contribution < 1.29 is 35.9 Å². The molecule has 2 aromatic heterocycles. The number of nitrogens with zero attached hydrogens (tertiary/aromatic N) is 5. The summed E-state index contributed by atoms with van der Waals surface area (Å²) in [5, 5.41) is 7.02. The van der Waals surface area contributed by atoms with Crippen molar-refractivity contribution in [3.8, 4) is 11.3 Å². The number of halogens is 6. The number of nitrogens with one attached hydrogen (secondary N) is 1. The number of benzene rings is 1. The molecule has 242 valence electrons. The van der Waals surface area contributed by atoms with Crippen LogP contribution in [0.4, 0.5) is 32.2 Å². The smallest absolute Gasteiger partial charge is 0.382 e. The van der Waals surface area contributed by atoms with Gasteiger partial charge in [0, 0.05) is 43.0 Å². The van der Waals surface area contributed by atoms with E-state index in [1.54, 1.807) is 29.6 Å². The Morgan fingerprint density at radius 3 is 2.49 bits per heavy atom. The van der Waals surface area contributed by atoms with E-state index in [2.05, 4.69) is 15.4 Å². The number of likely N-dealkylation sites (tertiary alicyclic amines) is 2. The summed E-state index contributed by atoms with van der Waals surface area (Å²) in [6, 6.07) is 5.96. The highest BCUT2D eigenvalue weighted by molar-refractivity contribution is 5.97. The van der Waals surface area contributed by atoms with E-state index >= 15 is 0 Å².